The second-order valence-corrected chi connectivity index (χ2v) is 18.7. The molecule has 0 fully saturated rings. The Balaban J connectivity index is 0.980. The number of phenolic OH excluding ortho intramolecular Hbond substituents is 2. The van der Waals surface area contributed by atoms with Gasteiger partial charge in [-0.25, -0.2) is 0 Å². The predicted octanol–water partition coefficient (Wildman–Crippen LogP) is 1.52. The third-order valence-corrected chi connectivity index (χ3v) is 14.5. The van der Waals surface area contributed by atoms with E-state index in [1.807, 2.05) is 0 Å². The first-order valence-electron chi connectivity index (χ1n) is 22.0. The molecule has 0 radical (unpaired) electrons. The maximum absolute atomic E-state index is 14.1. The minimum absolute atomic E-state index is 0.0609. The third kappa shape index (κ3) is 6.81. The van der Waals surface area contributed by atoms with E-state index in [1.54, 1.807) is 40.3 Å². The quantitative estimate of drug-likeness (QED) is 0.107. The highest BCUT2D eigenvalue weighted by atomic mass is 16.4. The summed E-state index contributed by atoms with van der Waals surface area (Å²) in [4.78, 5) is 82.7. The molecule has 0 saturated heterocycles. The van der Waals surface area contributed by atoms with Crippen LogP contribution in [0.3, 0.4) is 0 Å². The van der Waals surface area contributed by atoms with Gasteiger partial charge in [-0.2, -0.15) is 0 Å². The Labute approximate surface area is 389 Å². The summed E-state index contributed by atoms with van der Waals surface area (Å²) in [7, 11) is 6.21. The van der Waals surface area contributed by atoms with Crippen LogP contribution in [-0.4, -0.2) is 137 Å². The number of carbonyl (C=O) groups excluding carboxylic acids is 6. The summed E-state index contributed by atoms with van der Waals surface area (Å²) < 4.78 is 0. The minimum atomic E-state index is -2.75. The van der Waals surface area contributed by atoms with Crippen LogP contribution in [0.4, 0.5) is 0 Å². The van der Waals surface area contributed by atoms with Crippen molar-refractivity contribution in [2.45, 2.75) is 74.7 Å². The van der Waals surface area contributed by atoms with Crippen LogP contribution in [0, 0.1) is 47.4 Å². The van der Waals surface area contributed by atoms with Gasteiger partial charge in [0.15, 0.2) is 22.8 Å². The number of primary amides is 2. The van der Waals surface area contributed by atoms with E-state index in [4.69, 9.17) is 11.5 Å². The van der Waals surface area contributed by atoms with Crippen molar-refractivity contribution in [3.8, 4) is 35.2 Å². The number of nitrogens with two attached hydrogens (primary N) is 2. The first kappa shape index (κ1) is 47.3. The Kier molecular flexibility index (Phi) is 11.7. The molecule has 6 aliphatic carbocycles. The highest BCUT2D eigenvalue weighted by Crippen LogP contribution is 2.54. The third-order valence-electron chi connectivity index (χ3n) is 14.5. The van der Waals surface area contributed by atoms with E-state index in [1.165, 1.54) is 21.9 Å². The normalized spacial score (nSPS) is 28.5. The number of fused-ring (bicyclic) bond motifs is 6. The maximum atomic E-state index is 14.1. The van der Waals surface area contributed by atoms with Crippen molar-refractivity contribution in [3.05, 3.63) is 103 Å². The van der Waals surface area contributed by atoms with Crippen LogP contribution < -0.4 is 11.5 Å². The van der Waals surface area contributed by atoms with Gasteiger partial charge in [-0.3, -0.25) is 38.6 Å². The number of aliphatic hydroxyl groups is 6. The number of rotatable bonds is 7. The van der Waals surface area contributed by atoms with Gasteiger partial charge in [-0.05, 0) is 114 Å². The van der Waals surface area contributed by atoms with Crippen LogP contribution in [-0.2, 0) is 32.0 Å². The van der Waals surface area contributed by atoms with Crippen molar-refractivity contribution in [1.82, 2.24) is 9.80 Å². The first-order chi connectivity index (χ1) is 32.0. The Morgan fingerprint density at radius 3 is 1.29 bits per heavy atom. The minimum Gasteiger partial charge on any atom is -0.510 e. The molecule has 12 N–H and O–H groups in total. The van der Waals surface area contributed by atoms with Gasteiger partial charge in [0.25, 0.3) is 11.8 Å². The number of hydrogen-bond acceptors (Lipinski definition) is 16. The number of nitrogens with zero attached hydrogens (tertiary/aromatic N) is 2. The molecule has 2 aromatic carbocycles. The van der Waals surface area contributed by atoms with Crippen molar-refractivity contribution < 1.29 is 69.6 Å². The van der Waals surface area contributed by atoms with Gasteiger partial charge in [-0.15, -0.1) is 0 Å². The number of allylic oxidation sites excluding steroid dienone is 2. The van der Waals surface area contributed by atoms with Crippen LogP contribution in [0.15, 0.2) is 69.6 Å². The molecule has 8 rings (SSSR count). The molecule has 0 aromatic heterocycles. The van der Waals surface area contributed by atoms with Gasteiger partial charge in [-0.1, -0.05) is 23.7 Å². The summed E-state index contributed by atoms with van der Waals surface area (Å²) >= 11 is 0. The molecule has 4 unspecified atom stereocenters. The molecule has 0 saturated carbocycles. The molecule has 354 valence electrons. The van der Waals surface area contributed by atoms with Gasteiger partial charge in [0.1, 0.15) is 45.7 Å². The van der Waals surface area contributed by atoms with E-state index in [9.17, 15) is 69.6 Å². The lowest BCUT2D eigenvalue weighted by Crippen LogP contribution is -2.63. The topological polar surface area (TPSA) is 323 Å². The van der Waals surface area contributed by atoms with Crippen LogP contribution >= 0.6 is 0 Å². The molecule has 18 heteroatoms. The standard InChI is InChI=1S/C50H50N4O14/c1-53(2)37-27-19-23-17-25-21(13-15-29(55)33(25)39(57)31(23)43(61)49(27,67)45(63)35(41(37)59)47(51)65)11-9-7-5-6-8-10-12-22-14-16-30(56)34-26(22)18-24-20-28-38(54(3)4)42(60)36(48(52)66)46(64)50(28,68)44(62)32(24)40(34)58/h13-16,23-24,27-28,37-38,55-56,59-62,67-68H,5-8,17-20H2,1-4H3,(H2,51,65)(H2,52,66)/t23?,24?,27?,28?,37-,38-,49-,50-/m0/s1. The predicted molar refractivity (Wildman–Crippen MR) is 240 cm³/mol. The Hall–Kier alpha value is -7.22. The van der Waals surface area contributed by atoms with E-state index in [2.05, 4.69) is 23.7 Å². The zero-order valence-corrected chi connectivity index (χ0v) is 37.5. The average molecular weight is 931 g/mol. The lowest BCUT2D eigenvalue weighted by molar-refractivity contribution is -0.149. The van der Waals surface area contributed by atoms with Gasteiger partial charge in [0, 0.05) is 47.0 Å². The van der Waals surface area contributed by atoms with Crippen molar-refractivity contribution in [1.29, 1.82) is 0 Å². The van der Waals surface area contributed by atoms with Gasteiger partial charge < -0.3 is 52.3 Å². The SMILES string of the molecule is CN(C)[C@@H]1C(O)=C(C(N)=O)C(=O)[C@@]2(O)C(O)=C3C(=O)c4c(O)ccc(C#CCCCCC#Cc5ccc(O)c6c5CC5CC7[C@H](N(C)C)C(O)=C(C(N)=O)C(=O)[C@@]7(O)C(O)=C5C6=O)c4CC3CC12. The monoisotopic (exact) mass is 930 g/mol. The summed E-state index contributed by atoms with van der Waals surface area (Å²) in [6, 6.07) is 3.48. The molecule has 0 heterocycles. The second-order valence-electron chi connectivity index (χ2n) is 18.7. The maximum Gasteiger partial charge on any atom is 0.255 e. The van der Waals surface area contributed by atoms with Crippen LogP contribution in [0.5, 0.6) is 11.5 Å². The summed E-state index contributed by atoms with van der Waals surface area (Å²) in [5, 5.41) is 90.6. The van der Waals surface area contributed by atoms with E-state index < -0.39 is 128 Å². The molecular weight excluding hydrogens is 881 g/mol. The number of amides is 2. The molecule has 2 amide bonds. The van der Waals surface area contributed by atoms with Crippen molar-refractivity contribution in [3.63, 3.8) is 0 Å². The van der Waals surface area contributed by atoms with Crippen LogP contribution in [0.1, 0.15) is 81.5 Å². The largest absolute Gasteiger partial charge is 0.510 e. The van der Waals surface area contributed by atoms with Crippen molar-refractivity contribution in [2.24, 2.45) is 35.1 Å². The number of hydrogen-bond donors (Lipinski definition) is 10. The molecule has 2 aromatic rings. The highest BCUT2D eigenvalue weighted by molar-refractivity contribution is 6.26. The Morgan fingerprint density at radius 2 is 0.971 bits per heavy atom. The number of aromatic hydroxyl groups is 2. The fourth-order valence-corrected chi connectivity index (χ4v) is 11.5. The smallest absolute Gasteiger partial charge is 0.255 e. The lowest BCUT2D eigenvalue weighted by Gasteiger charge is -2.50. The molecular formula is C50H50N4O14. The molecule has 0 bridgehead atoms. The number of carbonyl (C=O) groups is 6. The zero-order chi connectivity index (χ0) is 49.6. The number of benzene rings is 2. The van der Waals surface area contributed by atoms with E-state index >= 15 is 0 Å². The number of phenols is 2. The molecule has 8 atom stereocenters. The number of ketones is 4. The van der Waals surface area contributed by atoms with Crippen LogP contribution in [0.2, 0.25) is 0 Å². The highest BCUT2D eigenvalue weighted by Gasteiger charge is 2.65. The summed E-state index contributed by atoms with van der Waals surface area (Å²) in [5.41, 5.74) is 4.46. The zero-order valence-electron chi connectivity index (χ0n) is 37.5. The fraction of sp³-hybridized carbons (Fsp3) is 0.400. The van der Waals surface area contributed by atoms with Crippen molar-refractivity contribution >= 4 is 34.9 Å². The fourth-order valence-electron chi connectivity index (χ4n) is 11.5. The molecule has 18 nitrogen and oxygen atoms in total. The molecule has 0 aliphatic heterocycles. The number of aliphatic hydroxyl groups excluding tert-OH is 4. The van der Waals surface area contributed by atoms with E-state index in [0.717, 1.165) is 0 Å². The number of Topliss-reactive ketones (excluding diaryl/α,β-unsaturated/α-hetero) is 4. The van der Waals surface area contributed by atoms with Gasteiger partial charge >= 0.3 is 0 Å². The average Bonchev–Trinajstić information content (AvgIpc) is 3.25. The summed E-state index contributed by atoms with van der Waals surface area (Å²) in [6.45, 7) is 0. The van der Waals surface area contributed by atoms with E-state index in [0.29, 0.717) is 47.9 Å². The first-order valence-corrected chi connectivity index (χ1v) is 22.0. The number of unbranched alkanes of at least 4 members (excludes halogenated alkanes) is 3. The summed E-state index contributed by atoms with van der Waals surface area (Å²) in [6.07, 6.45) is 2.09. The summed E-state index contributed by atoms with van der Waals surface area (Å²) in [5.74, 6) is -2.36. The molecule has 68 heavy (non-hydrogen) atoms. The number of likely N-dealkylation sites (N-methyl/N-ethyl adjacent to an activating group) is 2. The molecule has 6 aliphatic rings. The lowest BCUT2D eigenvalue weighted by atomic mass is 9.58. The van der Waals surface area contributed by atoms with Crippen LogP contribution in [0.25, 0.3) is 0 Å². The van der Waals surface area contributed by atoms with Gasteiger partial charge in [0.2, 0.25) is 11.6 Å². The van der Waals surface area contributed by atoms with Gasteiger partial charge in [0.05, 0.1) is 23.2 Å². The Bertz CT molecular complexity index is 2760. The molecule has 0 spiro atoms. The van der Waals surface area contributed by atoms with E-state index in [-0.39, 0.29) is 48.0 Å². The van der Waals surface area contributed by atoms with Crippen molar-refractivity contribution in [2.75, 3.05) is 28.2 Å². The second kappa shape index (κ2) is 16.8. The Morgan fingerprint density at radius 1 is 0.618 bits per heavy atom.